The van der Waals surface area contributed by atoms with Crippen LogP contribution in [0, 0.1) is 0 Å². The molecule has 0 aliphatic carbocycles. The SMILES string of the molecule is C=C(C)C(=O)OCOC(=O)c1c2ccccc2c(S(=O)(=O)O)c2ccccc12.C=C(C)C(=O)OCOC(=O)c1ccc(C(C)(C)O)c2ccccc12.C=C(C)C(=O)OCOC(=O)c1ccc(C(C)(O)C(F)(F)F)c2ccccc12. The number of esters is 6. The highest BCUT2D eigenvalue weighted by Crippen LogP contribution is 2.42. The van der Waals surface area contributed by atoms with Gasteiger partial charge in [-0.15, -0.1) is 0 Å². The summed E-state index contributed by atoms with van der Waals surface area (Å²) in [5.74, 6) is -4.37. The van der Waals surface area contributed by atoms with Crippen LogP contribution in [-0.4, -0.2) is 85.6 Å². The van der Waals surface area contributed by atoms with E-state index in [1.54, 1.807) is 74.5 Å². The summed E-state index contributed by atoms with van der Waals surface area (Å²) >= 11 is 0. The molecule has 17 nitrogen and oxygen atoms in total. The molecule has 0 aliphatic heterocycles. The molecule has 0 radical (unpaired) electrons. The molecule has 0 spiro atoms. The molecule has 7 aromatic rings. The van der Waals surface area contributed by atoms with E-state index in [2.05, 4.69) is 24.5 Å². The van der Waals surface area contributed by atoms with E-state index in [0.29, 0.717) is 23.4 Å². The van der Waals surface area contributed by atoms with Crippen LogP contribution in [0.25, 0.3) is 43.1 Å². The van der Waals surface area contributed by atoms with Gasteiger partial charge in [-0.1, -0.05) is 129 Å². The minimum absolute atomic E-state index is 0.0290. The van der Waals surface area contributed by atoms with Crippen LogP contribution in [0.15, 0.2) is 163 Å². The molecule has 414 valence electrons. The van der Waals surface area contributed by atoms with Crippen molar-refractivity contribution < 1.29 is 93.5 Å². The highest BCUT2D eigenvalue weighted by atomic mass is 32.2. The second-order valence-corrected chi connectivity index (χ2v) is 19.5. The predicted octanol–water partition coefficient (Wildman–Crippen LogP) is 10.6. The number of rotatable bonds is 15. The van der Waals surface area contributed by atoms with Gasteiger partial charge in [0, 0.05) is 33.1 Å². The molecule has 0 fully saturated rings. The van der Waals surface area contributed by atoms with Crippen LogP contribution in [0.4, 0.5) is 13.2 Å². The lowest BCUT2D eigenvalue weighted by Gasteiger charge is -2.28. The molecule has 1 atom stereocenters. The zero-order valence-electron chi connectivity index (χ0n) is 43.4. The van der Waals surface area contributed by atoms with E-state index in [9.17, 15) is 65.1 Å². The molecule has 0 saturated carbocycles. The monoisotopic (exact) mass is 1110 g/mol. The smallest absolute Gasteiger partial charge is 0.421 e. The summed E-state index contributed by atoms with van der Waals surface area (Å²) in [6.07, 6.45) is -4.91. The van der Waals surface area contributed by atoms with E-state index >= 15 is 0 Å². The van der Waals surface area contributed by atoms with Crippen LogP contribution in [0.5, 0.6) is 0 Å². The van der Waals surface area contributed by atoms with E-state index in [0.717, 1.165) is 17.5 Å². The first kappa shape index (κ1) is 61.1. The van der Waals surface area contributed by atoms with Gasteiger partial charge in [0.15, 0.2) is 5.60 Å². The lowest BCUT2D eigenvalue weighted by molar-refractivity contribution is -0.258. The van der Waals surface area contributed by atoms with Crippen molar-refractivity contribution in [2.75, 3.05) is 20.4 Å². The molecule has 3 N–H and O–H groups in total. The predicted molar refractivity (Wildman–Crippen MR) is 284 cm³/mol. The Hall–Kier alpha value is -8.76. The minimum atomic E-state index is -4.91. The van der Waals surface area contributed by atoms with Gasteiger partial charge in [-0.2, -0.15) is 21.6 Å². The number of hydrogen-bond donors (Lipinski definition) is 3. The lowest BCUT2D eigenvalue weighted by Crippen LogP contribution is -2.39. The second kappa shape index (κ2) is 25.1. The fraction of sp³-hybridized carbons (Fsp3) is 0.207. The quantitative estimate of drug-likeness (QED) is 0.0215. The van der Waals surface area contributed by atoms with E-state index in [4.69, 9.17) is 23.7 Å². The summed E-state index contributed by atoms with van der Waals surface area (Å²) in [4.78, 5) is 71.0. The summed E-state index contributed by atoms with van der Waals surface area (Å²) < 4.78 is 103. The van der Waals surface area contributed by atoms with Crippen LogP contribution >= 0.6 is 0 Å². The molecule has 21 heteroatoms. The maximum Gasteiger partial charge on any atom is 0.421 e. The molecule has 7 rings (SSSR count). The third kappa shape index (κ3) is 14.6. The molecule has 1 unspecified atom stereocenters. The van der Waals surface area contributed by atoms with Gasteiger partial charge in [-0.3, -0.25) is 4.55 Å². The number of carbonyl (C=O) groups excluding carboxylic acids is 6. The van der Waals surface area contributed by atoms with Gasteiger partial charge in [-0.25, -0.2) is 28.8 Å². The van der Waals surface area contributed by atoms with E-state index in [-0.39, 0.29) is 65.1 Å². The zero-order chi connectivity index (χ0) is 58.8. The Balaban J connectivity index is 0.000000219. The molecular formula is C58H53F3O17S. The number of carbonyl (C=O) groups is 6. The van der Waals surface area contributed by atoms with Crippen LogP contribution in [-0.2, 0) is 64.1 Å². The number of ether oxygens (including phenoxy) is 6. The van der Waals surface area contributed by atoms with Crippen molar-refractivity contribution >= 4 is 89.0 Å². The fourth-order valence-corrected chi connectivity index (χ4v) is 8.57. The molecular weight excluding hydrogens is 1060 g/mol. The first-order valence-corrected chi connectivity index (χ1v) is 24.8. The topological polar surface area (TPSA) is 253 Å². The Morgan fingerprint density at radius 3 is 1.09 bits per heavy atom. The van der Waals surface area contributed by atoms with Crippen molar-refractivity contribution in [1.29, 1.82) is 0 Å². The first-order valence-electron chi connectivity index (χ1n) is 23.4. The number of benzene rings is 7. The number of aliphatic hydroxyl groups is 2. The van der Waals surface area contributed by atoms with Crippen molar-refractivity contribution in [1.82, 2.24) is 0 Å². The summed E-state index contributed by atoms with van der Waals surface area (Å²) in [5, 5.41) is 22.8. The van der Waals surface area contributed by atoms with Crippen molar-refractivity contribution in [3.63, 3.8) is 0 Å². The Labute approximate surface area is 450 Å². The molecule has 0 amide bonds. The number of halogens is 3. The molecule has 0 bridgehead atoms. The van der Waals surface area contributed by atoms with Crippen LogP contribution in [0.3, 0.4) is 0 Å². The highest BCUT2D eigenvalue weighted by molar-refractivity contribution is 7.86. The van der Waals surface area contributed by atoms with Gasteiger partial charge in [-0.05, 0) is 91.6 Å². The standard InChI is InChI=1S/C20H16O7S.C19H17F3O5.C19H20O5/c1-12(2)19(21)26-11-27-20(22)17-13-7-3-5-9-15(13)18(28(23,24)25)16-10-6-4-8-14(16)17;1-11(2)16(23)26-10-27-17(24)14-8-9-15(18(3,25)19(20,21)22)13-7-5-4-6-12(13)14;1-12(2)17(20)23-11-24-18(21)15-9-10-16(19(3,4)22)14-8-6-5-7-13(14)15/h3-10H,1,11H2,2H3,(H,23,24,25);4-9,25H,1,10H2,2-3H3;5-10,22H,1,11H2,2-4H3. The van der Waals surface area contributed by atoms with Gasteiger partial charge in [0.1, 0.15) is 4.90 Å². The number of hydrogen-bond acceptors (Lipinski definition) is 16. The van der Waals surface area contributed by atoms with E-state index in [1.807, 2.05) is 12.1 Å². The van der Waals surface area contributed by atoms with Crippen molar-refractivity contribution in [2.45, 2.75) is 63.8 Å². The molecule has 0 aliphatic rings. The Morgan fingerprint density at radius 2 is 0.759 bits per heavy atom. The van der Waals surface area contributed by atoms with Gasteiger partial charge in [0.2, 0.25) is 20.4 Å². The summed E-state index contributed by atoms with van der Waals surface area (Å²) in [6.45, 7) is 16.9. The maximum atomic E-state index is 13.2. The minimum Gasteiger partial charge on any atom is -0.425 e. The van der Waals surface area contributed by atoms with E-state index in [1.165, 1.54) is 57.2 Å². The van der Waals surface area contributed by atoms with Crippen LogP contribution in [0.2, 0.25) is 0 Å². The fourth-order valence-electron chi connectivity index (χ4n) is 7.66. The largest absolute Gasteiger partial charge is 0.425 e. The summed E-state index contributed by atoms with van der Waals surface area (Å²) in [7, 11) is -4.57. The summed E-state index contributed by atoms with van der Waals surface area (Å²) in [5.41, 5.74) is -2.91. The Bertz CT molecular complexity index is 3630. The summed E-state index contributed by atoms with van der Waals surface area (Å²) in [6, 6.07) is 31.0. The molecule has 0 heterocycles. The first-order chi connectivity index (χ1) is 36.9. The highest BCUT2D eigenvalue weighted by Gasteiger charge is 2.52. The van der Waals surface area contributed by atoms with E-state index < -0.39 is 89.3 Å². The van der Waals surface area contributed by atoms with Crippen LogP contribution < -0.4 is 0 Å². The molecule has 0 saturated heterocycles. The third-order valence-corrected chi connectivity index (χ3v) is 12.5. The zero-order valence-corrected chi connectivity index (χ0v) is 44.2. The van der Waals surface area contributed by atoms with Crippen LogP contribution in [0.1, 0.15) is 83.7 Å². The van der Waals surface area contributed by atoms with Crippen molar-refractivity contribution in [2.24, 2.45) is 0 Å². The second-order valence-electron chi connectivity index (χ2n) is 18.1. The molecule has 7 aromatic carbocycles. The number of alkyl halides is 3. The molecule has 0 aromatic heterocycles. The van der Waals surface area contributed by atoms with Gasteiger partial charge >= 0.3 is 42.0 Å². The normalized spacial score (nSPS) is 12.1. The van der Waals surface area contributed by atoms with Crippen molar-refractivity contribution in [3.8, 4) is 0 Å². The average molecular weight is 1110 g/mol. The Kier molecular flexibility index (Phi) is 19.4. The maximum absolute atomic E-state index is 13.2. The van der Waals surface area contributed by atoms with Gasteiger partial charge < -0.3 is 38.6 Å². The molecule has 79 heavy (non-hydrogen) atoms. The average Bonchev–Trinajstić information content (AvgIpc) is 3.55. The Morgan fingerprint density at radius 1 is 0.456 bits per heavy atom. The van der Waals surface area contributed by atoms with Gasteiger partial charge in [0.05, 0.1) is 22.3 Å². The number of fused-ring (bicyclic) bond motifs is 4. The lowest BCUT2D eigenvalue weighted by atomic mass is 9.88. The van der Waals surface area contributed by atoms with Gasteiger partial charge in [0.25, 0.3) is 10.1 Å². The third-order valence-electron chi connectivity index (χ3n) is 11.6. The van der Waals surface area contributed by atoms with Crippen molar-refractivity contribution in [3.05, 3.63) is 186 Å².